The minimum absolute atomic E-state index is 0.187. The quantitative estimate of drug-likeness (QED) is 0.220. The first kappa shape index (κ1) is 23.3. The molecule has 0 amide bonds. The second-order valence-electron chi connectivity index (χ2n) is 9.22. The van der Waals surface area contributed by atoms with Crippen molar-refractivity contribution < 1.29 is 10.2 Å². The van der Waals surface area contributed by atoms with E-state index in [1.165, 1.54) is 0 Å². The molecule has 0 aliphatic heterocycles. The summed E-state index contributed by atoms with van der Waals surface area (Å²) >= 11 is 0. The number of aromatic nitrogens is 6. The molecule has 2 atom stereocenters. The molecule has 10 nitrogen and oxygen atoms in total. The zero-order valence-electron chi connectivity index (χ0n) is 20.8. The summed E-state index contributed by atoms with van der Waals surface area (Å²) < 4.78 is 3.65. The van der Waals surface area contributed by atoms with Crippen LogP contribution in [0, 0.1) is 13.8 Å². The highest BCUT2D eigenvalue weighted by Crippen LogP contribution is 2.34. The fraction of sp³-hybridized carbons (Fsp3) is 0.143. The second kappa shape index (κ2) is 9.40. The molecule has 2 heterocycles. The number of hydrogen-bond donors (Lipinski definition) is 4. The van der Waals surface area contributed by atoms with E-state index in [0.29, 0.717) is 0 Å². The molecule has 0 spiro atoms. The number of rotatable bonds is 7. The van der Waals surface area contributed by atoms with Gasteiger partial charge in [-0.05, 0) is 85.6 Å². The summed E-state index contributed by atoms with van der Waals surface area (Å²) in [5.41, 5.74) is 6.52. The molecule has 4 N–H and O–H groups in total. The lowest BCUT2D eigenvalue weighted by atomic mass is 10.1. The van der Waals surface area contributed by atoms with Crippen LogP contribution < -0.4 is 10.6 Å². The summed E-state index contributed by atoms with van der Waals surface area (Å²) in [7, 11) is 0. The lowest BCUT2D eigenvalue weighted by Crippen LogP contribution is -2.35. The maximum atomic E-state index is 10.0. The lowest BCUT2D eigenvalue weighted by molar-refractivity contribution is 0.346. The Balaban J connectivity index is 1.56. The number of phenols is 2. The fourth-order valence-electron chi connectivity index (χ4n) is 4.67. The van der Waals surface area contributed by atoms with Crippen molar-refractivity contribution >= 4 is 33.4 Å². The molecular weight excluding hydrogens is 480 g/mol. The predicted molar refractivity (Wildman–Crippen MR) is 146 cm³/mol. The summed E-state index contributed by atoms with van der Waals surface area (Å²) in [6.45, 7) is 3.85. The van der Waals surface area contributed by atoms with Crippen molar-refractivity contribution in [1.29, 1.82) is 0 Å². The number of para-hydroxylation sites is 2. The van der Waals surface area contributed by atoms with Crippen LogP contribution in [0.3, 0.4) is 0 Å². The topological polar surface area (TPSA) is 126 Å². The molecule has 0 fully saturated rings. The van der Waals surface area contributed by atoms with Crippen LogP contribution in [0.5, 0.6) is 11.5 Å². The van der Waals surface area contributed by atoms with Gasteiger partial charge in [-0.15, -0.1) is 10.2 Å². The van der Waals surface area contributed by atoms with Crippen LogP contribution in [0.25, 0.3) is 22.1 Å². The Bertz CT molecular complexity index is 1630. The van der Waals surface area contributed by atoms with Crippen LogP contribution >= 0.6 is 0 Å². The molecule has 0 saturated heterocycles. The maximum absolute atomic E-state index is 10.0. The first-order valence-corrected chi connectivity index (χ1v) is 12.2. The van der Waals surface area contributed by atoms with Gasteiger partial charge >= 0.3 is 0 Å². The number of aryl methyl sites for hydroxylation is 2. The van der Waals surface area contributed by atoms with E-state index >= 15 is 0 Å². The molecule has 0 unspecified atom stereocenters. The van der Waals surface area contributed by atoms with Gasteiger partial charge in [0.25, 0.3) is 0 Å². The van der Waals surface area contributed by atoms with E-state index in [2.05, 4.69) is 31.3 Å². The van der Waals surface area contributed by atoms with E-state index in [0.717, 1.165) is 44.6 Å². The minimum atomic E-state index is -0.552. The van der Waals surface area contributed by atoms with Gasteiger partial charge in [0.15, 0.2) is 12.3 Å². The third-order valence-electron chi connectivity index (χ3n) is 6.61. The van der Waals surface area contributed by atoms with Crippen LogP contribution in [0.4, 0.5) is 11.4 Å². The molecule has 4 aromatic carbocycles. The zero-order chi connectivity index (χ0) is 26.2. The van der Waals surface area contributed by atoms with Crippen LogP contribution in [0.15, 0.2) is 84.9 Å². The molecule has 0 radical (unpaired) electrons. The van der Waals surface area contributed by atoms with E-state index in [9.17, 15) is 10.2 Å². The van der Waals surface area contributed by atoms with Crippen molar-refractivity contribution in [2.75, 3.05) is 10.6 Å². The molecule has 2 aromatic heterocycles. The van der Waals surface area contributed by atoms with Gasteiger partial charge in [-0.25, -0.2) is 9.36 Å². The molecular formula is C28H26N8O2. The largest absolute Gasteiger partial charge is 0.508 e. The van der Waals surface area contributed by atoms with E-state index in [1.54, 1.807) is 24.3 Å². The number of nitrogens with one attached hydrogen (secondary N) is 2. The van der Waals surface area contributed by atoms with Crippen LogP contribution in [0.2, 0.25) is 0 Å². The van der Waals surface area contributed by atoms with E-state index in [-0.39, 0.29) is 11.5 Å². The molecule has 190 valence electrons. The van der Waals surface area contributed by atoms with Crippen LogP contribution in [-0.2, 0) is 0 Å². The van der Waals surface area contributed by atoms with Crippen molar-refractivity contribution in [3.05, 3.63) is 96.1 Å². The van der Waals surface area contributed by atoms with E-state index in [1.807, 2.05) is 83.9 Å². The SMILES string of the molecule is Cc1cc(O)ccc1N[C@H]([C@@H](Nc1ccc(O)cc1C)n1nnc2ccccc21)n1nnc2ccccc21. The summed E-state index contributed by atoms with van der Waals surface area (Å²) in [5, 5.41) is 45.2. The van der Waals surface area contributed by atoms with Gasteiger partial charge in [-0.2, -0.15) is 0 Å². The highest BCUT2D eigenvalue weighted by molar-refractivity contribution is 5.75. The Kier molecular flexibility index (Phi) is 5.76. The van der Waals surface area contributed by atoms with Crippen molar-refractivity contribution in [3.63, 3.8) is 0 Å². The zero-order valence-corrected chi connectivity index (χ0v) is 20.8. The smallest absolute Gasteiger partial charge is 0.164 e. The monoisotopic (exact) mass is 506 g/mol. The molecule has 6 rings (SSSR count). The van der Waals surface area contributed by atoms with Gasteiger partial charge in [-0.3, -0.25) is 0 Å². The number of nitrogens with zero attached hydrogens (tertiary/aromatic N) is 6. The fourth-order valence-corrected chi connectivity index (χ4v) is 4.67. The number of phenolic OH excluding ortho intramolecular Hbond substituents is 2. The minimum Gasteiger partial charge on any atom is -0.508 e. The normalized spacial score (nSPS) is 13.0. The highest BCUT2D eigenvalue weighted by atomic mass is 16.3. The van der Waals surface area contributed by atoms with Gasteiger partial charge in [-0.1, -0.05) is 34.7 Å². The highest BCUT2D eigenvalue weighted by Gasteiger charge is 2.31. The molecule has 0 saturated carbocycles. The average molecular weight is 507 g/mol. The third kappa shape index (κ3) is 4.21. The maximum Gasteiger partial charge on any atom is 0.164 e. The molecule has 0 aliphatic carbocycles. The molecule has 0 bridgehead atoms. The summed E-state index contributed by atoms with van der Waals surface area (Å²) in [6.07, 6.45) is -1.10. The average Bonchev–Trinajstić information content (AvgIpc) is 3.53. The van der Waals surface area contributed by atoms with Crippen LogP contribution in [-0.4, -0.2) is 40.2 Å². The summed E-state index contributed by atoms with van der Waals surface area (Å²) in [5.74, 6) is 0.375. The Morgan fingerprint density at radius 3 is 1.45 bits per heavy atom. The first-order valence-electron chi connectivity index (χ1n) is 12.2. The van der Waals surface area contributed by atoms with E-state index in [4.69, 9.17) is 0 Å². The molecule has 0 aliphatic rings. The number of aromatic hydroxyl groups is 2. The van der Waals surface area contributed by atoms with Crippen molar-refractivity contribution in [3.8, 4) is 11.5 Å². The number of fused-ring (bicyclic) bond motifs is 2. The van der Waals surface area contributed by atoms with Gasteiger partial charge in [0.05, 0.1) is 11.0 Å². The summed E-state index contributed by atoms with van der Waals surface area (Å²) in [6, 6.07) is 25.9. The van der Waals surface area contributed by atoms with Gasteiger partial charge < -0.3 is 20.8 Å². The third-order valence-corrected chi connectivity index (χ3v) is 6.61. The van der Waals surface area contributed by atoms with Gasteiger partial charge in [0, 0.05) is 11.4 Å². The Morgan fingerprint density at radius 1 is 0.605 bits per heavy atom. The lowest BCUT2D eigenvalue weighted by Gasteiger charge is -2.31. The molecule has 38 heavy (non-hydrogen) atoms. The van der Waals surface area contributed by atoms with Crippen molar-refractivity contribution in [2.24, 2.45) is 0 Å². The number of benzene rings is 4. The van der Waals surface area contributed by atoms with Crippen molar-refractivity contribution in [1.82, 2.24) is 30.0 Å². The van der Waals surface area contributed by atoms with Gasteiger partial charge in [0.1, 0.15) is 22.5 Å². The Morgan fingerprint density at radius 2 is 1.03 bits per heavy atom. The Hall–Kier alpha value is -5.12. The molecule has 10 heteroatoms. The Labute approximate surface area is 218 Å². The van der Waals surface area contributed by atoms with Crippen molar-refractivity contribution in [2.45, 2.75) is 26.2 Å². The predicted octanol–water partition coefficient (Wildman–Crippen LogP) is 5.13. The standard InChI is InChI=1S/C28H26N8O2/c1-17-15-19(37)11-13-21(17)29-27(35-25-9-5-3-7-23(25)31-33-35)28(30-22-14-12-20(38)16-18(22)2)36-26-10-6-4-8-24(26)32-34-36/h3-16,27-30,37-38H,1-2H3/t27-,28-/m0/s1. The summed E-state index contributed by atoms with van der Waals surface area (Å²) in [4.78, 5) is 0. The number of hydrogen-bond acceptors (Lipinski definition) is 8. The molecule has 6 aromatic rings. The van der Waals surface area contributed by atoms with E-state index < -0.39 is 12.3 Å². The van der Waals surface area contributed by atoms with Gasteiger partial charge in [0.2, 0.25) is 0 Å². The second-order valence-corrected chi connectivity index (χ2v) is 9.22. The number of anilines is 2. The first-order chi connectivity index (χ1) is 18.5. The van der Waals surface area contributed by atoms with Crippen LogP contribution in [0.1, 0.15) is 23.5 Å².